The predicted octanol–water partition coefficient (Wildman–Crippen LogP) is 5.35. The van der Waals surface area contributed by atoms with Crippen molar-refractivity contribution in [1.29, 1.82) is 0 Å². The Morgan fingerprint density at radius 2 is 2.00 bits per heavy atom. The molecule has 0 spiro atoms. The van der Waals surface area contributed by atoms with E-state index in [1.165, 1.54) is 12.8 Å². The predicted molar refractivity (Wildman–Crippen MR) is 124 cm³/mol. The largest absolute Gasteiger partial charge is 0.496 e. The van der Waals surface area contributed by atoms with Crippen LogP contribution in [0.15, 0.2) is 35.1 Å². The summed E-state index contributed by atoms with van der Waals surface area (Å²) in [7, 11) is 3.66. The molecule has 0 amide bonds. The maximum absolute atomic E-state index is 5.79. The van der Waals surface area contributed by atoms with Gasteiger partial charge in [0.25, 0.3) is 0 Å². The smallest absolute Gasteiger partial charge is 0.141 e. The highest BCUT2D eigenvalue weighted by molar-refractivity contribution is 6.14. The number of aromatic amines is 1. The van der Waals surface area contributed by atoms with E-state index in [-0.39, 0.29) is 0 Å². The summed E-state index contributed by atoms with van der Waals surface area (Å²) >= 11 is 0. The van der Waals surface area contributed by atoms with Crippen LogP contribution in [0.2, 0.25) is 0 Å². The second-order valence-electron chi connectivity index (χ2n) is 8.51. The minimum absolute atomic E-state index is 0.603. The SMILES string of the molecule is COc1cc2c(cc1-c1c(C)noc1C)[nH]c1cncc(Nc3cc(C4CC4)nn3C)c12. The van der Waals surface area contributed by atoms with E-state index in [0.717, 1.165) is 67.3 Å². The van der Waals surface area contributed by atoms with Gasteiger partial charge in [0.05, 0.1) is 47.7 Å². The fourth-order valence-corrected chi connectivity index (χ4v) is 4.53. The number of nitrogens with one attached hydrogen (secondary N) is 2. The average Bonchev–Trinajstić information content (AvgIpc) is 3.37. The summed E-state index contributed by atoms with van der Waals surface area (Å²) < 4.78 is 13.1. The quantitative estimate of drug-likeness (QED) is 0.392. The van der Waals surface area contributed by atoms with E-state index in [4.69, 9.17) is 9.26 Å². The molecule has 2 N–H and O–H groups in total. The molecule has 4 heterocycles. The van der Waals surface area contributed by atoms with E-state index in [9.17, 15) is 0 Å². The Morgan fingerprint density at radius 1 is 1.16 bits per heavy atom. The minimum atomic E-state index is 0.603. The molecule has 0 radical (unpaired) electrons. The Kier molecular flexibility index (Phi) is 4.05. The zero-order valence-corrected chi connectivity index (χ0v) is 18.5. The van der Waals surface area contributed by atoms with Crippen molar-refractivity contribution in [3.05, 3.63) is 47.7 Å². The number of methoxy groups -OCH3 is 1. The van der Waals surface area contributed by atoms with Crippen LogP contribution in [0.4, 0.5) is 11.5 Å². The number of hydrogen-bond donors (Lipinski definition) is 2. The number of fused-ring (bicyclic) bond motifs is 3. The summed E-state index contributed by atoms with van der Waals surface area (Å²) in [6, 6.07) is 6.31. The van der Waals surface area contributed by atoms with Crippen molar-refractivity contribution < 1.29 is 9.26 Å². The fourth-order valence-electron chi connectivity index (χ4n) is 4.53. The molecule has 0 unspecified atom stereocenters. The number of aryl methyl sites for hydroxylation is 3. The molecule has 0 bridgehead atoms. The zero-order chi connectivity index (χ0) is 22.0. The van der Waals surface area contributed by atoms with Crippen LogP contribution in [0.3, 0.4) is 0 Å². The summed E-state index contributed by atoms with van der Waals surface area (Å²) in [5, 5.41) is 14.5. The minimum Gasteiger partial charge on any atom is -0.496 e. The van der Waals surface area contributed by atoms with Crippen LogP contribution < -0.4 is 10.1 Å². The maximum atomic E-state index is 5.79. The summed E-state index contributed by atoms with van der Waals surface area (Å²) in [6.07, 6.45) is 6.15. The van der Waals surface area contributed by atoms with Crippen molar-refractivity contribution in [2.24, 2.45) is 7.05 Å². The molecule has 0 saturated heterocycles. The lowest BCUT2D eigenvalue weighted by atomic mass is 10.0. The first-order valence-electron chi connectivity index (χ1n) is 10.7. The third-order valence-electron chi connectivity index (χ3n) is 6.28. The van der Waals surface area contributed by atoms with E-state index in [2.05, 4.69) is 43.7 Å². The number of pyridine rings is 1. The molecule has 8 heteroatoms. The molecular formula is C24H24N6O2. The summed E-state index contributed by atoms with van der Waals surface area (Å²) in [4.78, 5) is 7.96. The normalized spacial score (nSPS) is 13.9. The number of benzene rings is 1. The van der Waals surface area contributed by atoms with E-state index in [1.54, 1.807) is 7.11 Å². The average molecular weight is 428 g/mol. The molecule has 1 aromatic carbocycles. The zero-order valence-electron chi connectivity index (χ0n) is 18.5. The second kappa shape index (κ2) is 6.85. The molecule has 1 saturated carbocycles. The van der Waals surface area contributed by atoms with Crippen LogP contribution in [-0.4, -0.2) is 32.0 Å². The van der Waals surface area contributed by atoms with Gasteiger partial charge in [-0.05, 0) is 38.8 Å². The molecule has 5 aromatic rings. The molecule has 1 fully saturated rings. The van der Waals surface area contributed by atoms with Gasteiger partial charge in [0.15, 0.2) is 0 Å². The van der Waals surface area contributed by atoms with Crippen molar-refractivity contribution >= 4 is 33.3 Å². The first kappa shape index (κ1) is 18.9. The third kappa shape index (κ3) is 2.86. The molecule has 32 heavy (non-hydrogen) atoms. The van der Waals surface area contributed by atoms with Gasteiger partial charge in [-0.3, -0.25) is 9.67 Å². The van der Waals surface area contributed by atoms with Gasteiger partial charge in [0.2, 0.25) is 0 Å². The first-order valence-corrected chi connectivity index (χ1v) is 10.7. The van der Waals surface area contributed by atoms with Gasteiger partial charge >= 0.3 is 0 Å². The van der Waals surface area contributed by atoms with E-state index in [0.29, 0.717) is 5.92 Å². The Labute approximate surface area is 184 Å². The lowest BCUT2D eigenvalue weighted by Crippen LogP contribution is -2.00. The van der Waals surface area contributed by atoms with E-state index < -0.39 is 0 Å². The van der Waals surface area contributed by atoms with Crippen LogP contribution >= 0.6 is 0 Å². The van der Waals surface area contributed by atoms with Crippen molar-refractivity contribution in [2.75, 3.05) is 12.4 Å². The van der Waals surface area contributed by atoms with E-state index in [1.807, 2.05) is 38.0 Å². The fraction of sp³-hybridized carbons (Fsp3) is 0.292. The number of nitrogens with zero attached hydrogens (tertiary/aromatic N) is 4. The molecule has 162 valence electrons. The van der Waals surface area contributed by atoms with Crippen molar-refractivity contribution in [3.8, 4) is 16.9 Å². The number of anilines is 2. The topological polar surface area (TPSA) is 93.8 Å². The summed E-state index contributed by atoms with van der Waals surface area (Å²) in [5.41, 5.74) is 6.77. The highest BCUT2D eigenvalue weighted by Crippen LogP contribution is 2.42. The van der Waals surface area contributed by atoms with Gasteiger partial charge in [-0.1, -0.05) is 5.16 Å². The maximum Gasteiger partial charge on any atom is 0.141 e. The Balaban J connectivity index is 1.52. The molecule has 0 atom stereocenters. The van der Waals surface area contributed by atoms with Crippen LogP contribution in [0, 0.1) is 13.8 Å². The van der Waals surface area contributed by atoms with Crippen LogP contribution in [0.5, 0.6) is 5.75 Å². The molecule has 8 nitrogen and oxygen atoms in total. The van der Waals surface area contributed by atoms with Gasteiger partial charge in [-0.2, -0.15) is 5.10 Å². The van der Waals surface area contributed by atoms with Crippen LogP contribution in [-0.2, 0) is 7.05 Å². The van der Waals surface area contributed by atoms with Crippen LogP contribution in [0.1, 0.15) is 35.9 Å². The Bertz CT molecular complexity index is 1470. The molecule has 6 rings (SSSR count). The number of ether oxygens (including phenoxy) is 1. The van der Waals surface area contributed by atoms with Gasteiger partial charge < -0.3 is 19.6 Å². The number of rotatable bonds is 5. The molecular weight excluding hydrogens is 404 g/mol. The number of H-pyrrole nitrogens is 1. The lowest BCUT2D eigenvalue weighted by molar-refractivity contribution is 0.393. The van der Waals surface area contributed by atoms with Gasteiger partial charge in [0, 0.05) is 40.9 Å². The number of hydrogen-bond acceptors (Lipinski definition) is 6. The second-order valence-corrected chi connectivity index (χ2v) is 8.51. The lowest BCUT2D eigenvalue weighted by Gasteiger charge is -2.10. The van der Waals surface area contributed by atoms with Crippen LogP contribution in [0.25, 0.3) is 32.9 Å². The summed E-state index contributed by atoms with van der Waals surface area (Å²) in [6.45, 7) is 3.86. The molecule has 4 aromatic heterocycles. The van der Waals surface area contributed by atoms with E-state index >= 15 is 0 Å². The van der Waals surface area contributed by atoms with Crippen molar-refractivity contribution in [2.45, 2.75) is 32.6 Å². The van der Waals surface area contributed by atoms with Gasteiger partial charge in [-0.15, -0.1) is 0 Å². The number of aromatic nitrogens is 5. The monoisotopic (exact) mass is 428 g/mol. The third-order valence-corrected chi connectivity index (χ3v) is 6.28. The molecule has 0 aliphatic heterocycles. The Hall–Kier alpha value is -3.81. The highest BCUT2D eigenvalue weighted by Gasteiger charge is 2.27. The Morgan fingerprint density at radius 3 is 2.72 bits per heavy atom. The molecule has 1 aliphatic carbocycles. The van der Waals surface area contributed by atoms with Gasteiger partial charge in [0.1, 0.15) is 17.3 Å². The first-order chi connectivity index (χ1) is 15.5. The van der Waals surface area contributed by atoms with Crippen molar-refractivity contribution in [1.82, 2.24) is 24.9 Å². The van der Waals surface area contributed by atoms with Gasteiger partial charge in [-0.25, -0.2) is 0 Å². The van der Waals surface area contributed by atoms with Crippen molar-refractivity contribution in [3.63, 3.8) is 0 Å². The standard InChI is InChI=1S/C24H24N6O2/c1-12-23(13(2)32-29-12)16-7-18-15(8-21(16)31-4)24-19(26-18)10-25-11-20(24)27-22-9-17(14-5-6-14)28-30(22)3/h7-11,14,26-27H,5-6H2,1-4H3. The molecule has 1 aliphatic rings. The summed E-state index contributed by atoms with van der Waals surface area (Å²) in [5.74, 6) is 3.09. The highest BCUT2D eigenvalue weighted by atomic mass is 16.5.